The minimum Gasteiger partial charge on any atom is -0.347 e. The molecule has 0 saturated heterocycles. The molecule has 1 aromatic heterocycles. The molecule has 2 aromatic rings. The molecule has 0 radical (unpaired) electrons. The van der Waals surface area contributed by atoms with E-state index < -0.39 is 6.41 Å². The number of nitrogens with zero attached hydrogens (tertiary/aromatic N) is 3. The standard InChI is InChI=1S/C14H20N4O2/c1-4-19-14(20-5-2)18-13-7-6-12(16-10-15-3)8-11(13)9-17-18/h6-10,14H,4-5H2,1-3H3,(H,15,16). The number of anilines is 1. The molecule has 6 nitrogen and oxygen atoms in total. The van der Waals surface area contributed by atoms with Gasteiger partial charge in [0.05, 0.1) is 18.1 Å². The molecule has 6 heteroatoms. The topological polar surface area (TPSA) is 60.7 Å². The molecule has 0 aliphatic rings. The summed E-state index contributed by atoms with van der Waals surface area (Å²) in [6, 6.07) is 5.96. The van der Waals surface area contributed by atoms with E-state index in [-0.39, 0.29) is 0 Å². The first kappa shape index (κ1) is 14.5. The average Bonchev–Trinajstić information content (AvgIpc) is 2.88. The zero-order chi connectivity index (χ0) is 14.4. The van der Waals surface area contributed by atoms with Crippen LogP contribution in [0, 0.1) is 0 Å². The van der Waals surface area contributed by atoms with Gasteiger partial charge in [-0.1, -0.05) is 0 Å². The van der Waals surface area contributed by atoms with Crippen LogP contribution in [0.4, 0.5) is 5.69 Å². The molecule has 0 aliphatic carbocycles. The molecule has 0 fully saturated rings. The number of rotatable bonds is 7. The van der Waals surface area contributed by atoms with Crippen LogP contribution < -0.4 is 5.32 Å². The highest BCUT2D eigenvalue weighted by molar-refractivity contribution is 5.86. The molecule has 0 aliphatic heterocycles. The second-order valence-corrected chi connectivity index (χ2v) is 4.11. The Hall–Kier alpha value is -1.92. The number of ether oxygens (including phenoxy) is 2. The summed E-state index contributed by atoms with van der Waals surface area (Å²) in [6.07, 6.45) is 2.96. The number of hydrogen-bond donors (Lipinski definition) is 1. The number of benzene rings is 1. The molecule has 0 saturated carbocycles. The van der Waals surface area contributed by atoms with Crippen molar-refractivity contribution in [2.24, 2.45) is 4.99 Å². The monoisotopic (exact) mass is 276 g/mol. The maximum Gasteiger partial charge on any atom is 0.260 e. The molecular weight excluding hydrogens is 256 g/mol. The Balaban J connectivity index is 2.31. The fraction of sp³-hybridized carbons (Fsp3) is 0.429. The van der Waals surface area contributed by atoms with E-state index in [2.05, 4.69) is 15.4 Å². The van der Waals surface area contributed by atoms with Crippen LogP contribution in [0.25, 0.3) is 10.9 Å². The molecule has 108 valence electrons. The van der Waals surface area contributed by atoms with Crippen molar-refractivity contribution < 1.29 is 9.47 Å². The molecule has 0 spiro atoms. The summed E-state index contributed by atoms with van der Waals surface area (Å²) in [6.45, 7) is 5.00. The SMILES string of the molecule is CCOC(OCC)n1ncc2cc(NC=NC)ccc21. The summed E-state index contributed by atoms with van der Waals surface area (Å²) in [5, 5.41) is 8.46. The zero-order valence-corrected chi connectivity index (χ0v) is 12.0. The lowest BCUT2D eigenvalue weighted by Crippen LogP contribution is -2.17. The third-order valence-corrected chi connectivity index (χ3v) is 2.77. The lowest BCUT2D eigenvalue weighted by Gasteiger charge is -2.17. The van der Waals surface area contributed by atoms with Crippen LogP contribution in [0.2, 0.25) is 0 Å². The van der Waals surface area contributed by atoms with Gasteiger partial charge in [0.15, 0.2) is 0 Å². The minimum absolute atomic E-state index is 0.487. The van der Waals surface area contributed by atoms with E-state index in [1.54, 1.807) is 24.3 Å². The van der Waals surface area contributed by atoms with Gasteiger partial charge < -0.3 is 14.8 Å². The average molecular weight is 276 g/mol. The number of nitrogens with one attached hydrogen (secondary N) is 1. The summed E-state index contributed by atoms with van der Waals surface area (Å²) < 4.78 is 12.9. The predicted octanol–water partition coefficient (Wildman–Crippen LogP) is 2.64. The Bertz CT molecular complexity index is 574. The maximum absolute atomic E-state index is 5.57. The Labute approximate surface area is 118 Å². The normalized spacial score (nSPS) is 11.8. The summed E-state index contributed by atoms with van der Waals surface area (Å²) in [7, 11) is 1.72. The van der Waals surface area contributed by atoms with E-state index in [0.717, 1.165) is 16.6 Å². The largest absolute Gasteiger partial charge is 0.347 e. The van der Waals surface area contributed by atoms with Crippen LogP contribution in [0.5, 0.6) is 0 Å². The number of aliphatic imine (C=N–C) groups is 1. The fourth-order valence-electron chi connectivity index (χ4n) is 1.92. The van der Waals surface area contributed by atoms with Crippen LogP contribution in [-0.2, 0) is 9.47 Å². The van der Waals surface area contributed by atoms with Crippen LogP contribution in [0.15, 0.2) is 29.4 Å². The van der Waals surface area contributed by atoms with Crippen molar-refractivity contribution in [3.8, 4) is 0 Å². The molecule has 0 unspecified atom stereocenters. The third-order valence-electron chi connectivity index (χ3n) is 2.77. The zero-order valence-electron chi connectivity index (χ0n) is 12.0. The van der Waals surface area contributed by atoms with E-state index >= 15 is 0 Å². The van der Waals surface area contributed by atoms with Gasteiger partial charge in [-0.3, -0.25) is 4.99 Å². The van der Waals surface area contributed by atoms with Gasteiger partial charge in [0.2, 0.25) is 0 Å². The highest BCUT2D eigenvalue weighted by Crippen LogP contribution is 2.22. The van der Waals surface area contributed by atoms with Crippen LogP contribution in [-0.4, -0.2) is 36.4 Å². The van der Waals surface area contributed by atoms with Crippen molar-refractivity contribution in [2.45, 2.75) is 20.3 Å². The second-order valence-electron chi connectivity index (χ2n) is 4.11. The van der Waals surface area contributed by atoms with Gasteiger partial charge >= 0.3 is 0 Å². The van der Waals surface area contributed by atoms with E-state index in [1.165, 1.54) is 0 Å². The van der Waals surface area contributed by atoms with Crippen molar-refractivity contribution in [3.63, 3.8) is 0 Å². The lowest BCUT2D eigenvalue weighted by atomic mass is 10.2. The van der Waals surface area contributed by atoms with Crippen molar-refractivity contribution in [1.82, 2.24) is 9.78 Å². The summed E-state index contributed by atoms with van der Waals surface area (Å²) in [5.41, 5.74) is 1.93. The molecule has 1 aromatic carbocycles. The van der Waals surface area contributed by atoms with E-state index in [1.807, 2.05) is 32.0 Å². The summed E-state index contributed by atoms with van der Waals surface area (Å²) in [5.74, 6) is 0. The predicted molar refractivity (Wildman–Crippen MR) is 80.1 cm³/mol. The van der Waals surface area contributed by atoms with Gasteiger partial charge in [0.25, 0.3) is 6.41 Å². The number of aromatic nitrogens is 2. The highest BCUT2D eigenvalue weighted by atomic mass is 16.7. The quantitative estimate of drug-likeness (QED) is 0.480. The Morgan fingerprint density at radius 2 is 2.10 bits per heavy atom. The van der Waals surface area contributed by atoms with Gasteiger partial charge in [0.1, 0.15) is 0 Å². The summed E-state index contributed by atoms with van der Waals surface area (Å²) in [4.78, 5) is 3.90. The Morgan fingerprint density at radius 3 is 2.75 bits per heavy atom. The van der Waals surface area contributed by atoms with Crippen molar-refractivity contribution in [2.75, 3.05) is 25.6 Å². The molecule has 1 heterocycles. The molecule has 1 N–H and O–H groups in total. The summed E-state index contributed by atoms with van der Waals surface area (Å²) >= 11 is 0. The third kappa shape index (κ3) is 3.15. The number of hydrogen-bond acceptors (Lipinski definition) is 4. The van der Waals surface area contributed by atoms with E-state index in [0.29, 0.717) is 13.2 Å². The van der Waals surface area contributed by atoms with Gasteiger partial charge in [0, 0.05) is 31.3 Å². The molecular formula is C14H20N4O2. The first-order chi connectivity index (χ1) is 9.80. The van der Waals surface area contributed by atoms with Crippen molar-refractivity contribution in [3.05, 3.63) is 24.4 Å². The van der Waals surface area contributed by atoms with Crippen molar-refractivity contribution >= 4 is 22.9 Å². The first-order valence-electron chi connectivity index (χ1n) is 6.67. The fourth-order valence-corrected chi connectivity index (χ4v) is 1.92. The van der Waals surface area contributed by atoms with Gasteiger partial charge in [-0.15, -0.1) is 0 Å². The van der Waals surface area contributed by atoms with E-state index in [4.69, 9.17) is 9.47 Å². The smallest absolute Gasteiger partial charge is 0.260 e. The molecule has 0 bridgehead atoms. The van der Waals surface area contributed by atoms with E-state index in [9.17, 15) is 0 Å². The molecule has 20 heavy (non-hydrogen) atoms. The van der Waals surface area contributed by atoms with Crippen LogP contribution in [0.3, 0.4) is 0 Å². The Morgan fingerprint density at radius 1 is 1.35 bits per heavy atom. The second kappa shape index (κ2) is 7.02. The lowest BCUT2D eigenvalue weighted by molar-refractivity contribution is -0.189. The molecule has 0 atom stereocenters. The maximum atomic E-state index is 5.57. The number of fused-ring (bicyclic) bond motifs is 1. The van der Waals surface area contributed by atoms with Crippen LogP contribution in [0.1, 0.15) is 20.3 Å². The van der Waals surface area contributed by atoms with Gasteiger partial charge in [-0.05, 0) is 32.0 Å². The van der Waals surface area contributed by atoms with Crippen LogP contribution >= 0.6 is 0 Å². The Kier molecular flexibility index (Phi) is 5.09. The molecule has 2 rings (SSSR count). The highest BCUT2D eigenvalue weighted by Gasteiger charge is 2.14. The molecule has 0 amide bonds. The van der Waals surface area contributed by atoms with Crippen molar-refractivity contribution in [1.29, 1.82) is 0 Å². The minimum atomic E-state index is -0.487. The van der Waals surface area contributed by atoms with Gasteiger partial charge in [-0.25, -0.2) is 4.68 Å². The first-order valence-corrected chi connectivity index (χ1v) is 6.67. The van der Waals surface area contributed by atoms with Gasteiger partial charge in [-0.2, -0.15) is 5.10 Å².